The van der Waals surface area contributed by atoms with Crippen LogP contribution >= 0.6 is 0 Å². The molecule has 0 atom stereocenters. The molecule has 1 fully saturated rings. The molecule has 1 aliphatic carbocycles. The second-order valence-corrected chi connectivity index (χ2v) is 9.02. The fraction of sp³-hybridized carbons (Fsp3) is 0.630. The maximum atomic E-state index is 6.16. The van der Waals surface area contributed by atoms with Gasteiger partial charge in [0.1, 0.15) is 12.1 Å². The summed E-state index contributed by atoms with van der Waals surface area (Å²) in [6, 6.07) is 8.36. The Balaban J connectivity index is 1.61. The summed E-state index contributed by atoms with van der Waals surface area (Å²) in [5.41, 5.74) is 3.42. The lowest BCUT2D eigenvalue weighted by atomic mass is 9.78. The van der Waals surface area contributed by atoms with Crippen molar-refractivity contribution >= 4 is 0 Å². The molecule has 1 heterocycles. The standard InChI is InChI=1S/C27H40N2O/c1-3-5-6-9-19-30-26-12-8-7-11-25(26)27-24(20-28-21-29-27)18-17-23-15-13-22(10-4-2)14-16-23/h7-8,11-12,20-23H,3-6,9-10,13-19H2,1-2H3. The third kappa shape index (κ3) is 6.82. The van der Waals surface area contributed by atoms with Gasteiger partial charge in [-0.25, -0.2) is 9.97 Å². The molecular weight excluding hydrogens is 368 g/mol. The number of hydrogen-bond acceptors (Lipinski definition) is 3. The fourth-order valence-corrected chi connectivity index (χ4v) is 4.86. The predicted octanol–water partition coefficient (Wildman–Crippen LogP) is 7.64. The van der Waals surface area contributed by atoms with Crippen LogP contribution in [0.15, 0.2) is 36.8 Å². The van der Waals surface area contributed by atoms with Crippen LogP contribution in [0, 0.1) is 11.8 Å². The Bertz CT molecular complexity index is 737. The van der Waals surface area contributed by atoms with Gasteiger partial charge in [-0.3, -0.25) is 0 Å². The van der Waals surface area contributed by atoms with Crippen LogP contribution in [0.3, 0.4) is 0 Å². The van der Waals surface area contributed by atoms with Gasteiger partial charge >= 0.3 is 0 Å². The van der Waals surface area contributed by atoms with Gasteiger partial charge in [-0.05, 0) is 48.8 Å². The first kappa shape index (κ1) is 22.8. The van der Waals surface area contributed by atoms with Crippen molar-refractivity contribution in [3.8, 4) is 17.0 Å². The van der Waals surface area contributed by atoms with Crippen LogP contribution in [-0.2, 0) is 6.42 Å². The minimum absolute atomic E-state index is 0.776. The third-order valence-electron chi connectivity index (χ3n) is 6.67. The van der Waals surface area contributed by atoms with E-state index in [-0.39, 0.29) is 0 Å². The molecule has 1 aliphatic rings. The SMILES string of the molecule is CCCCCCOc1ccccc1-c1ncncc1CCC1CCC(CCC)CC1. The maximum Gasteiger partial charge on any atom is 0.128 e. The highest BCUT2D eigenvalue weighted by molar-refractivity contribution is 5.69. The van der Waals surface area contributed by atoms with Crippen molar-refractivity contribution in [1.29, 1.82) is 0 Å². The van der Waals surface area contributed by atoms with Gasteiger partial charge in [0.15, 0.2) is 0 Å². The minimum Gasteiger partial charge on any atom is -0.493 e. The Kier molecular flexibility index (Phi) is 9.66. The Morgan fingerprint density at radius 3 is 2.43 bits per heavy atom. The highest BCUT2D eigenvalue weighted by atomic mass is 16.5. The third-order valence-corrected chi connectivity index (χ3v) is 6.67. The van der Waals surface area contributed by atoms with E-state index in [0.29, 0.717) is 0 Å². The first-order valence-electron chi connectivity index (χ1n) is 12.3. The molecule has 0 N–H and O–H groups in total. The molecule has 0 spiro atoms. The zero-order valence-corrected chi connectivity index (χ0v) is 19.1. The monoisotopic (exact) mass is 408 g/mol. The Hall–Kier alpha value is -1.90. The van der Waals surface area contributed by atoms with E-state index in [1.165, 1.54) is 69.8 Å². The topological polar surface area (TPSA) is 35.0 Å². The summed E-state index contributed by atoms with van der Waals surface area (Å²) in [7, 11) is 0. The number of para-hydroxylation sites is 1. The van der Waals surface area contributed by atoms with Gasteiger partial charge in [-0.2, -0.15) is 0 Å². The van der Waals surface area contributed by atoms with Gasteiger partial charge in [-0.15, -0.1) is 0 Å². The summed E-state index contributed by atoms with van der Waals surface area (Å²) in [5.74, 6) is 2.79. The van der Waals surface area contributed by atoms with Crippen LogP contribution in [0.5, 0.6) is 5.75 Å². The van der Waals surface area contributed by atoms with E-state index in [4.69, 9.17) is 4.74 Å². The quantitative estimate of drug-likeness (QED) is 0.338. The molecule has 0 unspecified atom stereocenters. The predicted molar refractivity (Wildman–Crippen MR) is 126 cm³/mol. The zero-order chi connectivity index (χ0) is 21.0. The van der Waals surface area contributed by atoms with E-state index < -0.39 is 0 Å². The number of nitrogens with zero attached hydrogens (tertiary/aromatic N) is 2. The number of unbranched alkanes of at least 4 members (excludes halogenated alkanes) is 3. The van der Waals surface area contributed by atoms with Crippen LogP contribution in [0.25, 0.3) is 11.3 Å². The lowest BCUT2D eigenvalue weighted by Gasteiger charge is -2.28. The van der Waals surface area contributed by atoms with Crippen molar-refractivity contribution in [2.45, 2.75) is 90.9 Å². The number of aromatic nitrogens is 2. The molecule has 30 heavy (non-hydrogen) atoms. The molecule has 0 aliphatic heterocycles. The molecule has 164 valence electrons. The van der Waals surface area contributed by atoms with Crippen LogP contribution in [0.4, 0.5) is 0 Å². The first-order valence-corrected chi connectivity index (χ1v) is 12.3. The number of rotatable bonds is 12. The molecule has 2 aromatic rings. The Labute approximate surface area is 183 Å². The highest BCUT2D eigenvalue weighted by Gasteiger charge is 2.21. The zero-order valence-electron chi connectivity index (χ0n) is 19.1. The second kappa shape index (κ2) is 12.7. The number of aryl methyl sites for hydroxylation is 1. The van der Waals surface area contributed by atoms with Crippen LogP contribution in [0.2, 0.25) is 0 Å². The average Bonchev–Trinajstić information content (AvgIpc) is 2.79. The molecule has 1 aromatic heterocycles. The highest BCUT2D eigenvalue weighted by Crippen LogP contribution is 2.35. The van der Waals surface area contributed by atoms with Crippen molar-refractivity contribution in [2.24, 2.45) is 11.8 Å². The average molecular weight is 409 g/mol. The van der Waals surface area contributed by atoms with Gasteiger partial charge in [-0.1, -0.05) is 83.8 Å². The van der Waals surface area contributed by atoms with E-state index >= 15 is 0 Å². The molecule has 0 bridgehead atoms. The Morgan fingerprint density at radius 2 is 1.67 bits per heavy atom. The van der Waals surface area contributed by atoms with Gasteiger partial charge < -0.3 is 4.74 Å². The number of benzene rings is 1. The molecule has 0 amide bonds. The van der Waals surface area contributed by atoms with E-state index in [2.05, 4.69) is 48.1 Å². The molecular formula is C27H40N2O. The molecule has 0 saturated heterocycles. The van der Waals surface area contributed by atoms with Crippen molar-refractivity contribution in [2.75, 3.05) is 6.61 Å². The molecule has 3 heteroatoms. The summed E-state index contributed by atoms with van der Waals surface area (Å²) < 4.78 is 6.16. The number of ether oxygens (including phenoxy) is 1. The van der Waals surface area contributed by atoms with E-state index in [1.807, 2.05) is 6.20 Å². The lowest BCUT2D eigenvalue weighted by molar-refractivity contribution is 0.252. The van der Waals surface area contributed by atoms with Crippen LogP contribution in [0.1, 0.15) is 90.0 Å². The van der Waals surface area contributed by atoms with Gasteiger partial charge in [0.25, 0.3) is 0 Å². The molecule has 3 nitrogen and oxygen atoms in total. The van der Waals surface area contributed by atoms with E-state index in [1.54, 1.807) is 6.33 Å². The fourth-order valence-electron chi connectivity index (χ4n) is 4.86. The molecule has 1 saturated carbocycles. The summed E-state index contributed by atoms with van der Waals surface area (Å²) in [5, 5.41) is 0. The van der Waals surface area contributed by atoms with Crippen molar-refractivity contribution in [3.05, 3.63) is 42.4 Å². The van der Waals surface area contributed by atoms with Gasteiger partial charge in [0.2, 0.25) is 0 Å². The maximum absolute atomic E-state index is 6.16. The number of hydrogen-bond donors (Lipinski definition) is 0. The van der Waals surface area contributed by atoms with Crippen molar-refractivity contribution < 1.29 is 4.74 Å². The summed E-state index contributed by atoms with van der Waals surface area (Å²) in [6.45, 7) is 5.33. The smallest absolute Gasteiger partial charge is 0.128 e. The van der Waals surface area contributed by atoms with E-state index in [0.717, 1.165) is 48.3 Å². The second-order valence-electron chi connectivity index (χ2n) is 9.02. The lowest BCUT2D eigenvalue weighted by Crippen LogP contribution is -2.15. The summed E-state index contributed by atoms with van der Waals surface area (Å²) >= 11 is 0. The van der Waals surface area contributed by atoms with Crippen molar-refractivity contribution in [3.63, 3.8) is 0 Å². The summed E-state index contributed by atoms with van der Waals surface area (Å²) in [6.07, 6.45) is 19.3. The minimum atomic E-state index is 0.776. The normalized spacial score (nSPS) is 19.0. The first-order chi connectivity index (χ1) is 14.8. The molecule has 3 rings (SSSR count). The van der Waals surface area contributed by atoms with Gasteiger partial charge in [0.05, 0.1) is 12.3 Å². The summed E-state index contributed by atoms with van der Waals surface area (Å²) in [4.78, 5) is 9.02. The molecule has 1 aromatic carbocycles. The largest absolute Gasteiger partial charge is 0.493 e. The van der Waals surface area contributed by atoms with E-state index in [9.17, 15) is 0 Å². The Morgan fingerprint density at radius 1 is 0.900 bits per heavy atom. The van der Waals surface area contributed by atoms with Crippen molar-refractivity contribution in [1.82, 2.24) is 9.97 Å². The van der Waals surface area contributed by atoms with Gasteiger partial charge in [0, 0.05) is 11.8 Å². The molecule has 0 radical (unpaired) electrons. The van der Waals surface area contributed by atoms with Crippen LogP contribution < -0.4 is 4.74 Å². The van der Waals surface area contributed by atoms with Crippen LogP contribution in [-0.4, -0.2) is 16.6 Å².